The first-order valence-electron chi connectivity index (χ1n) is 9.12. The number of anilines is 2. The van der Waals surface area contributed by atoms with E-state index >= 15 is 0 Å². The van der Waals surface area contributed by atoms with Crippen LogP contribution in [0.25, 0.3) is 0 Å². The summed E-state index contributed by atoms with van der Waals surface area (Å²) in [5, 5.41) is 5.22. The van der Waals surface area contributed by atoms with Crippen molar-refractivity contribution in [2.75, 3.05) is 23.8 Å². The van der Waals surface area contributed by atoms with Crippen LogP contribution in [0.15, 0.2) is 47.1 Å². The molecular formula is C20H21N3O6. The lowest BCUT2D eigenvalue weighted by Gasteiger charge is -2.22. The summed E-state index contributed by atoms with van der Waals surface area (Å²) in [6.07, 6.45) is 2.53. The minimum Gasteiger partial charge on any atom is -0.459 e. The Balaban J connectivity index is 1.50. The number of likely N-dealkylation sites (tertiary alicyclic amines) is 1. The van der Waals surface area contributed by atoms with Crippen LogP contribution in [0.1, 0.15) is 30.3 Å². The molecule has 152 valence electrons. The van der Waals surface area contributed by atoms with E-state index in [1.165, 1.54) is 24.2 Å². The Morgan fingerprint density at radius 3 is 2.41 bits per heavy atom. The summed E-state index contributed by atoms with van der Waals surface area (Å²) in [6.45, 7) is 1.36. The van der Waals surface area contributed by atoms with Gasteiger partial charge >= 0.3 is 5.97 Å². The van der Waals surface area contributed by atoms with E-state index < -0.39 is 24.5 Å². The molecule has 0 unspecified atom stereocenters. The van der Waals surface area contributed by atoms with E-state index in [2.05, 4.69) is 10.6 Å². The van der Waals surface area contributed by atoms with Crippen molar-refractivity contribution >= 4 is 35.1 Å². The molecule has 1 fully saturated rings. The summed E-state index contributed by atoms with van der Waals surface area (Å²) in [7, 11) is 0. The highest BCUT2D eigenvalue weighted by atomic mass is 16.5. The van der Waals surface area contributed by atoms with Gasteiger partial charge in [-0.15, -0.1) is 0 Å². The number of hydrogen-bond acceptors (Lipinski definition) is 6. The summed E-state index contributed by atoms with van der Waals surface area (Å²) in [4.78, 5) is 49.2. The lowest BCUT2D eigenvalue weighted by Crippen LogP contribution is -2.42. The van der Waals surface area contributed by atoms with Gasteiger partial charge in [0.15, 0.2) is 12.4 Å². The molecule has 1 aromatic heterocycles. The Bertz CT molecular complexity index is 891. The van der Waals surface area contributed by atoms with Crippen LogP contribution in [-0.2, 0) is 19.1 Å². The SMILES string of the molecule is CC(=O)Nc1ccc(NC(=O)COC(=O)[C@@H]2CCCN2C(=O)c2ccco2)cc1. The molecule has 0 aliphatic carbocycles. The van der Waals surface area contributed by atoms with Gasteiger partial charge in [0.25, 0.3) is 11.8 Å². The first-order chi connectivity index (χ1) is 13.9. The zero-order valence-corrected chi connectivity index (χ0v) is 15.8. The van der Waals surface area contributed by atoms with Crippen molar-refractivity contribution in [2.45, 2.75) is 25.8 Å². The number of carbonyl (C=O) groups is 4. The monoisotopic (exact) mass is 399 g/mol. The zero-order valence-electron chi connectivity index (χ0n) is 15.8. The van der Waals surface area contributed by atoms with Crippen LogP contribution in [0.2, 0.25) is 0 Å². The third-order valence-electron chi connectivity index (χ3n) is 4.35. The molecule has 29 heavy (non-hydrogen) atoms. The molecule has 1 aliphatic rings. The van der Waals surface area contributed by atoms with Crippen LogP contribution >= 0.6 is 0 Å². The maximum atomic E-state index is 12.4. The Hall–Kier alpha value is -3.62. The highest BCUT2D eigenvalue weighted by Crippen LogP contribution is 2.21. The average Bonchev–Trinajstić information content (AvgIpc) is 3.38. The standard InChI is InChI=1S/C20H21N3O6/c1-13(24)21-14-6-8-15(9-7-14)22-18(25)12-29-20(27)16-4-2-10-23(16)19(26)17-5-3-11-28-17/h3,5-9,11,16H,2,4,10,12H2,1H3,(H,21,24)(H,22,25)/t16-/m0/s1. The van der Waals surface area contributed by atoms with E-state index in [1.807, 2.05) is 0 Å². The molecule has 2 N–H and O–H groups in total. The molecular weight excluding hydrogens is 378 g/mol. The Labute approximate surface area is 167 Å². The van der Waals surface area contributed by atoms with E-state index in [-0.39, 0.29) is 17.6 Å². The van der Waals surface area contributed by atoms with Crippen LogP contribution in [0.5, 0.6) is 0 Å². The molecule has 0 radical (unpaired) electrons. The largest absolute Gasteiger partial charge is 0.459 e. The Morgan fingerprint density at radius 1 is 1.10 bits per heavy atom. The molecule has 0 spiro atoms. The second-order valence-electron chi connectivity index (χ2n) is 6.55. The zero-order chi connectivity index (χ0) is 20.8. The van der Waals surface area contributed by atoms with Gasteiger partial charge in [-0.3, -0.25) is 14.4 Å². The van der Waals surface area contributed by atoms with Crippen molar-refractivity contribution in [3.05, 3.63) is 48.4 Å². The molecule has 2 aromatic rings. The van der Waals surface area contributed by atoms with Gasteiger partial charge in [-0.1, -0.05) is 0 Å². The fourth-order valence-electron chi connectivity index (χ4n) is 3.07. The van der Waals surface area contributed by atoms with Gasteiger partial charge in [-0.25, -0.2) is 4.79 Å². The number of carbonyl (C=O) groups excluding carboxylic acids is 4. The summed E-state index contributed by atoms with van der Waals surface area (Å²) in [6, 6.07) is 8.91. The van der Waals surface area contributed by atoms with Gasteiger partial charge in [0.05, 0.1) is 6.26 Å². The van der Waals surface area contributed by atoms with Crippen LogP contribution in [0.3, 0.4) is 0 Å². The molecule has 1 atom stereocenters. The molecule has 1 aliphatic heterocycles. The molecule has 3 rings (SSSR count). The third kappa shape index (κ3) is 5.22. The smallest absolute Gasteiger partial charge is 0.329 e. The van der Waals surface area contributed by atoms with E-state index in [4.69, 9.17) is 9.15 Å². The molecule has 0 saturated carbocycles. The minimum atomic E-state index is -0.739. The number of nitrogens with one attached hydrogen (secondary N) is 2. The van der Waals surface area contributed by atoms with Gasteiger partial charge in [0.1, 0.15) is 6.04 Å². The van der Waals surface area contributed by atoms with E-state index in [0.29, 0.717) is 30.8 Å². The van der Waals surface area contributed by atoms with Crippen molar-refractivity contribution in [3.8, 4) is 0 Å². The molecule has 3 amide bonds. The number of furan rings is 1. The number of nitrogens with zero attached hydrogens (tertiary/aromatic N) is 1. The lowest BCUT2D eigenvalue weighted by molar-refractivity contribution is -0.151. The topological polar surface area (TPSA) is 118 Å². The highest BCUT2D eigenvalue weighted by Gasteiger charge is 2.36. The maximum Gasteiger partial charge on any atom is 0.329 e. The molecule has 1 saturated heterocycles. The van der Waals surface area contributed by atoms with Crippen LogP contribution in [-0.4, -0.2) is 47.8 Å². The second kappa shape index (κ2) is 9.05. The van der Waals surface area contributed by atoms with Crippen molar-refractivity contribution in [2.24, 2.45) is 0 Å². The second-order valence-corrected chi connectivity index (χ2v) is 6.55. The number of amides is 3. The number of rotatable bonds is 6. The summed E-state index contributed by atoms with van der Waals surface area (Å²) < 4.78 is 10.2. The van der Waals surface area contributed by atoms with E-state index in [0.717, 1.165) is 0 Å². The number of ether oxygens (including phenoxy) is 1. The van der Waals surface area contributed by atoms with Crippen molar-refractivity contribution in [3.63, 3.8) is 0 Å². The van der Waals surface area contributed by atoms with Crippen LogP contribution in [0.4, 0.5) is 11.4 Å². The van der Waals surface area contributed by atoms with Gasteiger partial charge in [0.2, 0.25) is 5.91 Å². The third-order valence-corrected chi connectivity index (χ3v) is 4.35. The van der Waals surface area contributed by atoms with Crippen molar-refractivity contribution in [1.29, 1.82) is 0 Å². The summed E-state index contributed by atoms with van der Waals surface area (Å²) >= 11 is 0. The average molecular weight is 399 g/mol. The highest BCUT2D eigenvalue weighted by molar-refractivity contribution is 5.96. The van der Waals surface area contributed by atoms with E-state index in [1.54, 1.807) is 30.3 Å². The van der Waals surface area contributed by atoms with Gasteiger partial charge in [-0.2, -0.15) is 0 Å². The van der Waals surface area contributed by atoms with Gasteiger partial charge in [-0.05, 0) is 49.2 Å². The van der Waals surface area contributed by atoms with Gasteiger partial charge < -0.3 is 24.7 Å². The normalized spacial score (nSPS) is 15.6. The fraction of sp³-hybridized carbons (Fsp3) is 0.300. The minimum absolute atomic E-state index is 0.158. The van der Waals surface area contributed by atoms with Gasteiger partial charge in [0, 0.05) is 24.8 Å². The molecule has 9 nitrogen and oxygen atoms in total. The maximum absolute atomic E-state index is 12.4. The summed E-state index contributed by atoms with van der Waals surface area (Å²) in [5.41, 5.74) is 1.10. The van der Waals surface area contributed by atoms with Crippen LogP contribution < -0.4 is 10.6 Å². The summed E-state index contributed by atoms with van der Waals surface area (Å²) in [5.74, 6) is -1.55. The molecule has 1 aromatic carbocycles. The van der Waals surface area contributed by atoms with Crippen LogP contribution in [0, 0.1) is 0 Å². The molecule has 2 heterocycles. The lowest BCUT2D eigenvalue weighted by atomic mass is 10.2. The number of hydrogen-bond donors (Lipinski definition) is 2. The Morgan fingerprint density at radius 2 is 1.79 bits per heavy atom. The first kappa shape index (κ1) is 20.1. The first-order valence-corrected chi connectivity index (χ1v) is 9.12. The van der Waals surface area contributed by atoms with Crippen molar-refractivity contribution < 1.29 is 28.3 Å². The van der Waals surface area contributed by atoms with E-state index in [9.17, 15) is 19.2 Å². The predicted molar refractivity (Wildman–Crippen MR) is 103 cm³/mol. The predicted octanol–water partition coefficient (Wildman–Crippen LogP) is 2.02. The number of esters is 1. The quantitative estimate of drug-likeness (QED) is 0.718. The Kier molecular flexibility index (Phi) is 6.28. The molecule has 0 bridgehead atoms. The number of benzene rings is 1. The fourth-order valence-corrected chi connectivity index (χ4v) is 3.07. The molecule has 9 heteroatoms. The van der Waals surface area contributed by atoms with Crippen molar-refractivity contribution in [1.82, 2.24) is 4.90 Å².